The molecule has 3 amide bonds. The molecule has 54 heavy (non-hydrogen) atoms. The number of likely N-dealkylation sites (N-methyl/N-ethyl adjacent to an activating group) is 1. The normalized spacial score (nSPS) is 19.2. The van der Waals surface area contributed by atoms with Gasteiger partial charge in [-0.2, -0.15) is 13.2 Å². The summed E-state index contributed by atoms with van der Waals surface area (Å²) in [6.45, 7) is 0.237. The minimum Gasteiger partial charge on any atom is -0.361 e. The number of aromatic amines is 1. The number of nitrogens with two attached hydrogens (primary N) is 2. The van der Waals surface area contributed by atoms with E-state index in [2.05, 4.69) is 25.9 Å². The number of nitrogens with one attached hydrogen (secondary N) is 4. The summed E-state index contributed by atoms with van der Waals surface area (Å²) in [7, 11) is 1.44. The molecule has 0 radical (unpaired) electrons. The molecule has 11 nitrogen and oxygen atoms in total. The highest BCUT2D eigenvalue weighted by molar-refractivity contribution is 7.99. The molecule has 0 aliphatic carbocycles. The molecule has 290 valence electrons. The van der Waals surface area contributed by atoms with E-state index in [1.807, 2.05) is 0 Å². The Kier molecular flexibility index (Phi) is 14.3. The molecular weight excluding hydrogens is 764 g/mol. The first-order valence-corrected chi connectivity index (χ1v) is 19.1. The molecule has 0 saturated heterocycles. The third-order valence-corrected chi connectivity index (χ3v) is 11.3. The fraction of sp³-hybridized carbons (Fsp3) is 0.405. The van der Waals surface area contributed by atoms with Crippen molar-refractivity contribution in [2.45, 2.75) is 85.8 Å². The second-order valence-corrected chi connectivity index (χ2v) is 14.9. The molecule has 4 aromatic rings. The maximum Gasteiger partial charge on any atom is 0.416 e. The number of H-pyrrole nitrogens is 1. The van der Waals surface area contributed by atoms with Gasteiger partial charge in [-0.15, -0.1) is 0 Å². The minimum absolute atomic E-state index is 0.0276. The number of alkyl halides is 3. The number of nitrogens with zero attached hydrogens (tertiary/aromatic N) is 2. The predicted molar refractivity (Wildman–Crippen MR) is 204 cm³/mol. The summed E-state index contributed by atoms with van der Waals surface area (Å²) >= 11 is 13.8. The molecule has 17 heteroatoms. The van der Waals surface area contributed by atoms with Crippen molar-refractivity contribution in [3.05, 3.63) is 87.2 Å². The number of carbonyl (C=O) groups is 3. The van der Waals surface area contributed by atoms with E-state index in [9.17, 15) is 27.6 Å². The van der Waals surface area contributed by atoms with Gasteiger partial charge >= 0.3 is 6.18 Å². The van der Waals surface area contributed by atoms with E-state index in [4.69, 9.17) is 34.7 Å². The molecule has 0 bridgehead atoms. The van der Waals surface area contributed by atoms with Crippen LogP contribution in [0.1, 0.15) is 54.4 Å². The summed E-state index contributed by atoms with van der Waals surface area (Å²) in [5.41, 5.74) is 12.3. The van der Waals surface area contributed by atoms with Crippen LogP contribution in [0.5, 0.6) is 0 Å². The number of amides is 3. The van der Waals surface area contributed by atoms with Crippen LogP contribution in [0, 0.1) is 0 Å². The summed E-state index contributed by atoms with van der Waals surface area (Å²) in [5.74, 6) is -1.71. The number of hydrogen-bond acceptors (Lipinski definition) is 8. The molecule has 5 rings (SSSR count). The van der Waals surface area contributed by atoms with Crippen LogP contribution < -0.4 is 27.4 Å². The maximum atomic E-state index is 14.6. The highest BCUT2D eigenvalue weighted by Crippen LogP contribution is 2.43. The summed E-state index contributed by atoms with van der Waals surface area (Å²) in [4.78, 5) is 51.5. The fourth-order valence-electron chi connectivity index (χ4n) is 6.43. The van der Waals surface area contributed by atoms with Gasteiger partial charge in [-0.3, -0.25) is 14.4 Å². The molecule has 3 atom stereocenters. The number of halogens is 5. The van der Waals surface area contributed by atoms with Crippen molar-refractivity contribution in [3.8, 4) is 0 Å². The zero-order chi connectivity index (χ0) is 39.0. The smallest absolute Gasteiger partial charge is 0.361 e. The standard InChI is InChI=1S/C37H43Cl2F3N8O3S/c1-50-31(16-22-19-46-28-12-9-23(38)17-24(22)28)34(52)48-20-25-26(37(40,41)42)10-11-27(39)32(25)54-35-21(6-5-15-45-35)18-47-29(8-4-14-44)33(51)49-30(36(50)53)7-2-3-13-43/h5-6,9-12,15,17,19,29-31,46-47H,2-4,7-8,13-14,16,18,20,43-44H2,1H3,(H,48,52)(H,49,51)/t29-,30-,31-/m0/s1. The zero-order valence-electron chi connectivity index (χ0n) is 29.6. The lowest BCUT2D eigenvalue weighted by Crippen LogP contribution is -2.57. The van der Waals surface area contributed by atoms with Gasteiger partial charge in [0.1, 0.15) is 17.1 Å². The molecular formula is C37H43Cl2F3N8O3S. The van der Waals surface area contributed by atoms with Crippen molar-refractivity contribution < 1.29 is 27.6 Å². The first kappa shape index (κ1) is 41.3. The number of pyridine rings is 1. The molecule has 0 fully saturated rings. The molecule has 3 heterocycles. The van der Waals surface area contributed by atoms with Gasteiger partial charge in [0.25, 0.3) is 0 Å². The van der Waals surface area contributed by atoms with Crippen molar-refractivity contribution >= 4 is 63.6 Å². The number of fused-ring (bicyclic) bond motifs is 3. The van der Waals surface area contributed by atoms with Crippen LogP contribution >= 0.6 is 35.0 Å². The van der Waals surface area contributed by atoms with Gasteiger partial charge < -0.3 is 37.3 Å². The minimum atomic E-state index is -4.79. The number of unbranched alkanes of at least 4 members (excludes halogenated alkanes) is 1. The average Bonchev–Trinajstić information content (AvgIpc) is 3.53. The van der Waals surface area contributed by atoms with Crippen molar-refractivity contribution in [2.24, 2.45) is 11.5 Å². The van der Waals surface area contributed by atoms with Crippen molar-refractivity contribution in [1.29, 1.82) is 0 Å². The van der Waals surface area contributed by atoms with E-state index in [1.165, 1.54) is 18.1 Å². The van der Waals surface area contributed by atoms with Gasteiger partial charge in [0.15, 0.2) is 0 Å². The van der Waals surface area contributed by atoms with Gasteiger partial charge in [-0.1, -0.05) is 41.0 Å². The molecule has 0 saturated carbocycles. The van der Waals surface area contributed by atoms with E-state index >= 15 is 0 Å². The maximum absolute atomic E-state index is 14.6. The third kappa shape index (κ3) is 10.1. The second kappa shape index (κ2) is 18.7. The van der Waals surface area contributed by atoms with E-state index < -0.39 is 54.1 Å². The Morgan fingerprint density at radius 2 is 1.72 bits per heavy atom. The lowest BCUT2D eigenvalue weighted by Gasteiger charge is -2.32. The largest absolute Gasteiger partial charge is 0.416 e. The zero-order valence-corrected chi connectivity index (χ0v) is 31.9. The summed E-state index contributed by atoms with van der Waals surface area (Å²) in [5, 5.41) is 10.4. The molecule has 0 unspecified atom stereocenters. The van der Waals surface area contributed by atoms with Crippen LogP contribution in [0.2, 0.25) is 10.0 Å². The lowest BCUT2D eigenvalue weighted by atomic mass is 10.0. The highest BCUT2D eigenvalue weighted by atomic mass is 35.5. The third-order valence-electron chi connectivity index (χ3n) is 9.38. The van der Waals surface area contributed by atoms with E-state index in [1.54, 1.807) is 36.5 Å². The van der Waals surface area contributed by atoms with Crippen LogP contribution in [0.4, 0.5) is 13.2 Å². The quantitative estimate of drug-likeness (QED) is 0.120. The molecule has 2 aromatic carbocycles. The average molecular weight is 808 g/mol. The number of rotatable bonds is 9. The Labute approximate surface area is 325 Å². The molecule has 0 spiro atoms. The lowest BCUT2D eigenvalue weighted by molar-refractivity contribution is -0.142. The number of aromatic nitrogens is 2. The Bertz CT molecular complexity index is 1960. The van der Waals surface area contributed by atoms with Crippen LogP contribution in [0.25, 0.3) is 10.9 Å². The molecule has 2 aromatic heterocycles. The Hall–Kier alpha value is -3.86. The highest BCUT2D eigenvalue weighted by Gasteiger charge is 2.37. The van der Waals surface area contributed by atoms with Crippen LogP contribution in [0.3, 0.4) is 0 Å². The predicted octanol–water partition coefficient (Wildman–Crippen LogP) is 5.55. The second-order valence-electron chi connectivity index (χ2n) is 13.1. The van der Waals surface area contributed by atoms with Gasteiger partial charge in [-0.25, -0.2) is 4.98 Å². The van der Waals surface area contributed by atoms with Crippen LogP contribution in [-0.4, -0.2) is 70.9 Å². The first-order chi connectivity index (χ1) is 25.8. The number of benzene rings is 2. The van der Waals surface area contributed by atoms with Crippen molar-refractivity contribution in [1.82, 2.24) is 30.8 Å². The van der Waals surface area contributed by atoms with Crippen molar-refractivity contribution in [2.75, 3.05) is 20.1 Å². The molecule has 1 aliphatic rings. The van der Waals surface area contributed by atoms with Gasteiger partial charge in [0.05, 0.1) is 16.6 Å². The van der Waals surface area contributed by atoms with E-state index in [-0.39, 0.29) is 34.9 Å². The molecule has 8 N–H and O–H groups in total. The van der Waals surface area contributed by atoms with Gasteiger partial charge in [0.2, 0.25) is 17.7 Å². The summed E-state index contributed by atoms with van der Waals surface area (Å²) in [6, 6.07) is 7.62. The number of carbonyl (C=O) groups excluding carboxylic acids is 3. The molecule has 1 aliphatic heterocycles. The van der Waals surface area contributed by atoms with Crippen LogP contribution in [0.15, 0.2) is 64.8 Å². The SMILES string of the molecule is CN1C(=O)[C@H](CCCCN)NC(=O)[C@H](CCCN)NCc2cccnc2Sc2c(Cl)ccc(C(F)(F)F)c2CNC(=O)[C@@H]1Cc1c[nH]c2ccc(Cl)cc12. The Morgan fingerprint density at radius 3 is 2.46 bits per heavy atom. The monoisotopic (exact) mass is 806 g/mol. The first-order valence-electron chi connectivity index (χ1n) is 17.6. The van der Waals surface area contributed by atoms with E-state index in [0.29, 0.717) is 65.3 Å². The topological polar surface area (TPSA) is 171 Å². The summed E-state index contributed by atoms with van der Waals surface area (Å²) < 4.78 is 43.8. The Balaban J connectivity index is 1.63. The van der Waals surface area contributed by atoms with Gasteiger partial charge in [0, 0.05) is 59.8 Å². The van der Waals surface area contributed by atoms with Crippen LogP contribution in [-0.2, 0) is 40.1 Å². The fourth-order valence-corrected chi connectivity index (χ4v) is 7.94. The Morgan fingerprint density at radius 1 is 0.963 bits per heavy atom. The van der Waals surface area contributed by atoms with Gasteiger partial charge in [-0.05, 0) is 98.3 Å². The summed E-state index contributed by atoms with van der Waals surface area (Å²) in [6.07, 6.45) is 0.537. The van der Waals surface area contributed by atoms with Crippen molar-refractivity contribution in [3.63, 3.8) is 0 Å². The van der Waals surface area contributed by atoms with E-state index in [0.717, 1.165) is 29.4 Å². The number of hydrogen-bond donors (Lipinski definition) is 6.